The van der Waals surface area contributed by atoms with Crippen LogP contribution >= 0.6 is 38.9 Å². The first kappa shape index (κ1) is 13.9. The lowest BCUT2D eigenvalue weighted by Crippen LogP contribution is -1.97. The van der Waals surface area contributed by atoms with Crippen molar-refractivity contribution in [1.82, 2.24) is 0 Å². The minimum absolute atomic E-state index is 0.170. The van der Waals surface area contributed by atoms with Gasteiger partial charge in [-0.05, 0) is 57.1 Å². The van der Waals surface area contributed by atoms with E-state index in [0.29, 0.717) is 0 Å². The van der Waals surface area contributed by atoms with Gasteiger partial charge < -0.3 is 0 Å². The molecule has 19 heavy (non-hydrogen) atoms. The summed E-state index contributed by atoms with van der Waals surface area (Å²) in [6.45, 7) is 0. The van der Waals surface area contributed by atoms with Crippen molar-refractivity contribution in [3.63, 3.8) is 0 Å². The molecule has 1 heterocycles. The summed E-state index contributed by atoms with van der Waals surface area (Å²) in [5.41, 5.74) is 1.32. The summed E-state index contributed by atoms with van der Waals surface area (Å²) < 4.78 is 2.50. The Kier molecular flexibility index (Phi) is 4.51. The van der Waals surface area contributed by atoms with Crippen LogP contribution < -0.4 is 0 Å². The summed E-state index contributed by atoms with van der Waals surface area (Å²) in [4.78, 5) is 0. The second-order valence-corrected chi connectivity index (χ2v) is 7.76. The maximum absolute atomic E-state index is 6.65. The Morgan fingerprint density at radius 3 is 2.89 bits per heavy atom. The Bertz CT molecular complexity index is 557. The lowest BCUT2D eigenvalue weighted by Gasteiger charge is -2.12. The van der Waals surface area contributed by atoms with Crippen LogP contribution in [0.25, 0.3) is 10.1 Å². The maximum atomic E-state index is 6.65. The number of alkyl halides is 1. The number of thiophene rings is 1. The van der Waals surface area contributed by atoms with E-state index in [2.05, 4.69) is 39.5 Å². The second-order valence-electron chi connectivity index (χ2n) is 5.50. The van der Waals surface area contributed by atoms with E-state index in [-0.39, 0.29) is 5.38 Å². The van der Waals surface area contributed by atoms with Gasteiger partial charge in [0.25, 0.3) is 0 Å². The number of hydrogen-bond donors (Lipinski definition) is 0. The summed E-state index contributed by atoms with van der Waals surface area (Å²) in [6.07, 6.45) is 8.08. The molecular weight excluding hydrogens is 340 g/mol. The number of fused-ring (bicyclic) bond motifs is 1. The molecule has 0 nitrogen and oxygen atoms in total. The minimum Gasteiger partial charge on any atom is -0.142 e. The molecule has 0 N–H and O–H groups in total. The highest BCUT2D eigenvalue weighted by atomic mass is 79.9. The third-order valence-electron chi connectivity index (χ3n) is 4.22. The van der Waals surface area contributed by atoms with Crippen molar-refractivity contribution in [3.8, 4) is 0 Å². The first-order valence-electron chi connectivity index (χ1n) is 7.05. The zero-order chi connectivity index (χ0) is 13.2. The van der Waals surface area contributed by atoms with Crippen LogP contribution in [0.15, 0.2) is 28.1 Å². The molecule has 0 saturated heterocycles. The first-order valence-corrected chi connectivity index (χ1v) is 9.16. The first-order chi connectivity index (χ1) is 9.25. The number of hydrogen-bond acceptors (Lipinski definition) is 1. The molecule has 1 aromatic heterocycles. The molecule has 1 atom stereocenters. The smallest absolute Gasteiger partial charge is 0.0599 e. The van der Waals surface area contributed by atoms with Crippen LogP contribution in [0.5, 0.6) is 0 Å². The van der Waals surface area contributed by atoms with Gasteiger partial charge in [-0.25, -0.2) is 0 Å². The van der Waals surface area contributed by atoms with Crippen molar-refractivity contribution in [3.05, 3.63) is 33.6 Å². The Morgan fingerprint density at radius 1 is 1.32 bits per heavy atom. The Hall–Kier alpha value is -0.0500. The molecule has 0 amide bonds. The number of halogens is 2. The minimum atomic E-state index is 0.170. The van der Waals surface area contributed by atoms with Crippen LogP contribution in [0.4, 0.5) is 0 Å². The summed E-state index contributed by atoms with van der Waals surface area (Å²) in [5, 5.41) is 3.73. The van der Waals surface area contributed by atoms with E-state index in [4.69, 9.17) is 11.6 Å². The highest BCUT2D eigenvalue weighted by Gasteiger charge is 2.19. The average Bonchev–Trinajstić information content (AvgIpc) is 3.06. The van der Waals surface area contributed by atoms with E-state index in [1.54, 1.807) is 11.3 Å². The molecule has 1 aliphatic rings. The molecule has 102 valence electrons. The molecule has 1 aromatic carbocycles. The third kappa shape index (κ3) is 3.01. The molecule has 1 aliphatic carbocycles. The van der Waals surface area contributed by atoms with Crippen LogP contribution in [-0.4, -0.2) is 0 Å². The van der Waals surface area contributed by atoms with E-state index in [0.717, 1.165) is 12.3 Å². The van der Waals surface area contributed by atoms with Crippen LogP contribution in [0.2, 0.25) is 0 Å². The molecule has 3 rings (SSSR count). The summed E-state index contributed by atoms with van der Waals surface area (Å²) in [5.74, 6) is 0.929. The van der Waals surface area contributed by atoms with Gasteiger partial charge >= 0.3 is 0 Å². The summed E-state index contributed by atoms with van der Waals surface area (Å²) in [7, 11) is 0. The topological polar surface area (TPSA) is 0 Å². The van der Waals surface area contributed by atoms with E-state index in [1.165, 1.54) is 52.2 Å². The van der Waals surface area contributed by atoms with Crippen molar-refractivity contribution >= 4 is 49.0 Å². The van der Waals surface area contributed by atoms with Gasteiger partial charge in [-0.3, -0.25) is 0 Å². The van der Waals surface area contributed by atoms with Gasteiger partial charge in [0.05, 0.1) is 5.38 Å². The quantitative estimate of drug-likeness (QED) is 0.521. The van der Waals surface area contributed by atoms with Crippen molar-refractivity contribution in [2.24, 2.45) is 5.92 Å². The largest absolute Gasteiger partial charge is 0.142 e. The second kappa shape index (κ2) is 6.15. The van der Waals surface area contributed by atoms with Crippen LogP contribution in [0.1, 0.15) is 49.5 Å². The van der Waals surface area contributed by atoms with E-state index < -0.39 is 0 Å². The SMILES string of the molecule is ClC(CCC1CCCC1)c1csc2c(Br)cccc12. The van der Waals surface area contributed by atoms with Crippen LogP contribution in [0, 0.1) is 5.92 Å². The van der Waals surface area contributed by atoms with Gasteiger partial charge in [-0.15, -0.1) is 22.9 Å². The van der Waals surface area contributed by atoms with E-state index >= 15 is 0 Å². The van der Waals surface area contributed by atoms with Gasteiger partial charge in [-0.2, -0.15) is 0 Å². The summed E-state index contributed by atoms with van der Waals surface area (Å²) in [6, 6.07) is 6.39. The monoisotopic (exact) mass is 356 g/mol. The molecule has 1 fully saturated rings. The highest BCUT2D eigenvalue weighted by Crippen LogP contribution is 2.40. The molecular formula is C16H18BrClS. The molecule has 2 aromatic rings. The zero-order valence-electron chi connectivity index (χ0n) is 10.9. The zero-order valence-corrected chi connectivity index (χ0v) is 14.0. The molecule has 3 heteroatoms. The van der Waals surface area contributed by atoms with E-state index in [9.17, 15) is 0 Å². The van der Waals surface area contributed by atoms with E-state index in [1.807, 2.05) is 0 Å². The fourth-order valence-corrected chi connectivity index (χ4v) is 5.18. The molecule has 0 spiro atoms. The Labute approximate surface area is 132 Å². The molecule has 1 unspecified atom stereocenters. The molecule has 0 aliphatic heterocycles. The highest BCUT2D eigenvalue weighted by molar-refractivity contribution is 9.10. The summed E-state index contributed by atoms with van der Waals surface area (Å²) >= 11 is 12.1. The third-order valence-corrected chi connectivity index (χ3v) is 6.65. The van der Waals surface area contributed by atoms with Gasteiger partial charge in [-0.1, -0.05) is 37.8 Å². The maximum Gasteiger partial charge on any atom is 0.0599 e. The molecule has 1 saturated carbocycles. The fraction of sp³-hybridized carbons (Fsp3) is 0.500. The standard InChI is InChI=1S/C16H18BrClS/c17-14-7-3-6-12-13(10-19-16(12)14)15(18)9-8-11-4-1-2-5-11/h3,6-7,10-11,15H,1-2,4-5,8-9H2. The van der Waals surface area contributed by atoms with Crippen molar-refractivity contribution in [1.29, 1.82) is 0 Å². The predicted molar refractivity (Wildman–Crippen MR) is 89.3 cm³/mol. The van der Waals surface area contributed by atoms with Crippen LogP contribution in [0.3, 0.4) is 0 Å². The normalized spacial score (nSPS) is 18.2. The van der Waals surface area contributed by atoms with Gasteiger partial charge in [0.2, 0.25) is 0 Å². The van der Waals surface area contributed by atoms with Gasteiger partial charge in [0, 0.05) is 9.17 Å². The lowest BCUT2D eigenvalue weighted by atomic mass is 9.98. The number of rotatable bonds is 4. The van der Waals surface area contributed by atoms with Crippen molar-refractivity contribution < 1.29 is 0 Å². The van der Waals surface area contributed by atoms with Crippen molar-refractivity contribution in [2.45, 2.75) is 43.9 Å². The lowest BCUT2D eigenvalue weighted by molar-refractivity contribution is 0.480. The van der Waals surface area contributed by atoms with Crippen LogP contribution in [-0.2, 0) is 0 Å². The molecule has 0 radical (unpaired) electrons. The number of benzene rings is 1. The van der Waals surface area contributed by atoms with Crippen molar-refractivity contribution in [2.75, 3.05) is 0 Å². The van der Waals surface area contributed by atoms with Gasteiger partial charge in [0.15, 0.2) is 0 Å². The Morgan fingerprint density at radius 2 is 2.11 bits per heavy atom. The Balaban J connectivity index is 1.74. The average molecular weight is 358 g/mol. The molecule has 0 bridgehead atoms. The fourth-order valence-electron chi connectivity index (χ4n) is 3.12. The predicted octanol–water partition coefficient (Wildman–Crippen LogP) is 6.91. The van der Waals surface area contributed by atoms with Gasteiger partial charge in [0.1, 0.15) is 0 Å².